The number of amides is 2. The molecule has 21 heavy (non-hydrogen) atoms. The molecule has 2 aliphatic heterocycles. The van der Waals surface area contributed by atoms with Gasteiger partial charge in [-0.15, -0.1) is 0 Å². The summed E-state index contributed by atoms with van der Waals surface area (Å²) in [6, 6.07) is 5.55. The molecule has 0 radical (unpaired) electrons. The molecule has 0 saturated carbocycles. The van der Waals surface area contributed by atoms with E-state index in [0.29, 0.717) is 17.9 Å². The van der Waals surface area contributed by atoms with Crippen molar-refractivity contribution in [2.24, 2.45) is 11.8 Å². The van der Waals surface area contributed by atoms with E-state index >= 15 is 0 Å². The first-order chi connectivity index (χ1) is 10.0. The van der Waals surface area contributed by atoms with Crippen molar-refractivity contribution in [1.82, 2.24) is 4.90 Å². The van der Waals surface area contributed by atoms with Crippen LogP contribution in [0.1, 0.15) is 42.6 Å². The van der Waals surface area contributed by atoms with Crippen molar-refractivity contribution in [3.8, 4) is 0 Å². The Morgan fingerprint density at radius 2 is 2.00 bits per heavy atom. The van der Waals surface area contributed by atoms with Crippen molar-refractivity contribution in [3.63, 3.8) is 0 Å². The lowest BCUT2D eigenvalue weighted by molar-refractivity contribution is -0.115. The number of rotatable bonds is 2. The lowest BCUT2D eigenvalue weighted by atomic mass is 9.86. The van der Waals surface area contributed by atoms with E-state index in [9.17, 15) is 9.59 Å². The lowest BCUT2D eigenvalue weighted by Crippen LogP contribution is -2.39. The maximum Gasteiger partial charge on any atom is 0.253 e. The molecule has 4 nitrogen and oxygen atoms in total. The van der Waals surface area contributed by atoms with Gasteiger partial charge in [0.2, 0.25) is 5.91 Å². The predicted molar refractivity (Wildman–Crippen MR) is 82.2 cm³/mol. The Balaban J connectivity index is 1.69. The molecule has 2 aliphatic rings. The molecule has 4 heteroatoms. The zero-order valence-corrected chi connectivity index (χ0v) is 12.7. The van der Waals surface area contributed by atoms with Crippen LogP contribution in [0.3, 0.4) is 0 Å². The quantitative estimate of drug-likeness (QED) is 0.908. The van der Waals surface area contributed by atoms with E-state index in [1.807, 2.05) is 23.1 Å². The molecule has 0 aromatic heterocycles. The smallest absolute Gasteiger partial charge is 0.253 e. The molecule has 2 amide bonds. The van der Waals surface area contributed by atoms with Crippen LogP contribution in [0.2, 0.25) is 0 Å². The van der Waals surface area contributed by atoms with Gasteiger partial charge >= 0.3 is 0 Å². The number of nitrogens with zero attached hydrogens (tertiary/aromatic N) is 1. The molecule has 0 spiro atoms. The summed E-state index contributed by atoms with van der Waals surface area (Å²) in [6.07, 6.45) is 2.60. The second-order valence-electron chi connectivity index (χ2n) is 6.47. The first kappa shape index (κ1) is 14.1. The molecule has 0 unspecified atom stereocenters. The van der Waals surface area contributed by atoms with Crippen LogP contribution in [0.25, 0.3) is 0 Å². The summed E-state index contributed by atoms with van der Waals surface area (Å²) in [6.45, 7) is 6.19. The van der Waals surface area contributed by atoms with Gasteiger partial charge in [-0.3, -0.25) is 9.59 Å². The molecule has 3 rings (SSSR count). The number of hydrogen-bond acceptors (Lipinski definition) is 2. The largest absolute Gasteiger partial charge is 0.339 e. The summed E-state index contributed by atoms with van der Waals surface area (Å²) in [7, 11) is 0. The molecule has 1 aromatic carbocycles. The number of hydrogen-bond donors (Lipinski definition) is 1. The third-order valence-corrected chi connectivity index (χ3v) is 4.75. The molecule has 1 aromatic rings. The zero-order chi connectivity index (χ0) is 15.0. The van der Waals surface area contributed by atoms with Crippen molar-refractivity contribution in [2.45, 2.75) is 33.1 Å². The zero-order valence-electron chi connectivity index (χ0n) is 12.7. The van der Waals surface area contributed by atoms with Crippen molar-refractivity contribution in [2.75, 3.05) is 18.4 Å². The molecule has 1 N–H and O–H groups in total. The fourth-order valence-electron chi connectivity index (χ4n) is 3.30. The molecule has 0 atom stereocenters. The molecular weight excluding hydrogens is 264 g/mol. The van der Waals surface area contributed by atoms with Gasteiger partial charge in [-0.25, -0.2) is 0 Å². The predicted octanol–water partition coefficient (Wildman–Crippen LogP) is 2.69. The highest BCUT2D eigenvalue weighted by Gasteiger charge is 2.26. The fraction of sp³-hybridized carbons (Fsp3) is 0.529. The minimum Gasteiger partial charge on any atom is -0.339 e. The Labute approximate surface area is 125 Å². The maximum absolute atomic E-state index is 12.6. The van der Waals surface area contributed by atoms with E-state index in [-0.39, 0.29) is 11.8 Å². The normalized spacial score (nSPS) is 18.8. The minimum atomic E-state index is 0.00680. The SMILES string of the molecule is CC(C)C1CCN(C(=O)c2ccc3c(c2)NC(=O)C3)CC1. The fourth-order valence-corrected chi connectivity index (χ4v) is 3.30. The molecule has 0 bridgehead atoms. The molecule has 2 heterocycles. The van der Waals surface area contributed by atoms with Crippen LogP contribution in [-0.2, 0) is 11.2 Å². The highest BCUT2D eigenvalue weighted by atomic mass is 16.2. The molecular formula is C17H22N2O2. The highest BCUT2D eigenvalue weighted by molar-refractivity contribution is 6.02. The molecule has 1 fully saturated rings. The lowest BCUT2D eigenvalue weighted by Gasteiger charge is -2.34. The molecule has 1 saturated heterocycles. The highest BCUT2D eigenvalue weighted by Crippen LogP contribution is 2.27. The van der Waals surface area contributed by atoms with Gasteiger partial charge in [0.15, 0.2) is 0 Å². The number of nitrogens with one attached hydrogen (secondary N) is 1. The van der Waals surface area contributed by atoms with Gasteiger partial charge in [-0.2, -0.15) is 0 Å². The Morgan fingerprint density at radius 1 is 1.29 bits per heavy atom. The number of benzene rings is 1. The Hall–Kier alpha value is -1.84. The van der Waals surface area contributed by atoms with Gasteiger partial charge < -0.3 is 10.2 Å². The second kappa shape index (κ2) is 5.51. The van der Waals surface area contributed by atoms with E-state index in [1.54, 1.807) is 0 Å². The summed E-state index contributed by atoms with van der Waals surface area (Å²) < 4.78 is 0. The van der Waals surface area contributed by atoms with E-state index in [1.165, 1.54) is 0 Å². The van der Waals surface area contributed by atoms with Crippen LogP contribution >= 0.6 is 0 Å². The topological polar surface area (TPSA) is 49.4 Å². The van der Waals surface area contributed by atoms with Gasteiger partial charge in [0.05, 0.1) is 6.42 Å². The average molecular weight is 286 g/mol. The van der Waals surface area contributed by atoms with Crippen molar-refractivity contribution >= 4 is 17.5 Å². The summed E-state index contributed by atoms with van der Waals surface area (Å²) >= 11 is 0. The van der Waals surface area contributed by atoms with Crippen LogP contribution in [-0.4, -0.2) is 29.8 Å². The minimum absolute atomic E-state index is 0.00680. The Kier molecular flexibility index (Phi) is 3.70. The van der Waals surface area contributed by atoms with Crippen LogP contribution in [0.5, 0.6) is 0 Å². The number of carbonyl (C=O) groups excluding carboxylic acids is 2. The Morgan fingerprint density at radius 3 is 2.67 bits per heavy atom. The van der Waals surface area contributed by atoms with E-state index < -0.39 is 0 Å². The summed E-state index contributed by atoms with van der Waals surface area (Å²) in [5.41, 5.74) is 2.46. The van der Waals surface area contributed by atoms with Crippen LogP contribution in [0, 0.1) is 11.8 Å². The monoisotopic (exact) mass is 286 g/mol. The van der Waals surface area contributed by atoms with Gasteiger partial charge in [0, 0.05) is 24.3 Å². The van der Waals surface area contributed by atoms with Gasteiger partial charge in [0.25, 0.3) is 5.91 Å². The number of anilines is 1. The van der Waals surface area contributed by atoms with Gasteiger partial charge in [0.1, 0.15) is 0 Å². The van der Waals surface area contributed by atoms with Crippen molar-refractivity contribution < 1.29 is 9.59 Å². The van der Waals surface area contributed by atoms with Crippen molar-refractivity contribution in [1.29, 1.82) is 0 Å². The first-order valence-corrected chi connectivity index (χ1v) is 7.76. The van der Waals surface area contributed by atoms with E-state index in [4.69, 9.17) is 0 Å². The van der Waals surface area contributed by atoms with Crippen LogP contribution in [0.4, 0.5) is 5.69 Å². The van der Waals surface area contributed by atoms with E-state index in [2.05, 4.69) is 19.2 Å². The van der Waals surface area contributed by atoms with Crippen LogP contribution < -0.4 is 5.32 Å². The Bertz CT molecular complexity index is 572. The first-order valence-electron chi connectivity index (χ1n) is 7.76. The average Bonchev–Trinajstić information content (AvgIpc) is 2.85. The maximum atomic E-state index is 12.6. The third-order valence-electron chi connectivity index (χ3n) is 4.75. The number of fused-ring (bicyclic) bond motifs is 1. The van der Waals surface area contributed by atoms with Crippen LogP contribution in [0.15, 0.2) is 18.2 Å². The summed E-state index contributed by atoms with van der Waals surface area (Å²) in [4.78, 5) is 25.9. The number of likely N-dealkylation sites (tertiary alicyclic amines) is 1. The number of carbonyl (C=O) groups is 2. The molecule has 112 valence electrons. The van der Waals surface area contributed by atoms with Gasteiger partial charge in [-0.1, -0.05) is 19.9 Å². The molecule has 0 aliphatic carbocycles. The summed E-state index contributed by atoms with van der Waals surface area (Å²) in [5, 5.41) is 2.81. The second-order valence-corrected chi connectivity index (χ2v) is 6.47. The van der Waals surface area contributed by atoms with E-state index in [0.717, 1.165) is 43.1 Å². The number of piperidine rings is 1. The standard InChI is InChI=1S/C17H22N2O2/c1-11(2)12-5-7-19(8-6-12)17(21)14-4-3-13-10-16(20)18-15(13)9-14/h3-4,9,11-12H,5-8,10H2,1-2H3,(H,18,20). The third kappa shape index (κ3) is 2.80. The van der Waals surface area contributed by atoms with Crippen molar-refractivity contribution in [3.05, 3.63) is 29.3 Å². The summed E-state index contributed by atoms with van der Waals surface area (Å²) in [5.74, 6) is 1.51. The van der Waals surface area contributed by atoms with Gasteiger partial charge in [-0.05, 0) is 42.4 Å².